The number of rotatable bonds is 7. The summed E-state index contributed by atoms with van der Waals surface area (Å²) in [5.41, 5.74) is 6.78. The molecule has 1 aromatic rings. The van der Waals surface area contributed by atoms with E-state index in [-0.39, 0.29) is 42.5 Å². The Morgan fingerprint density at radius 1 is 1.00 bits per heavy atom. The van der Waals surface area contributed by atoms with E-state index in [4.69, 9.17) is 5.73 Å². The number of likely N-dealkylation sites (tertiary alicyclic amines) is 1. The molecule has 2 aliphatic heterocycles. The second-order valence-electron chi connectivity index (χ2n) is 7.80. The number of piperazine rings is 1. The van der Waals surface area contributed by atoms with Crippen LogP contribution in [0.1, 0.15) is 18.4 Å². The molecule has 2 fully saturated rings. The largest absolute Gasteiger partial charge is 0.355 e. The minimum absolute atomic E-state index is 0. The Hall–Kier alpha value is -1.38. The van der Waals surface area contributed by atoms with Gasteiger partial charge in [0.2, 0.25) is 11.8 Å². The SMILES string of the molecule is Cl.Cl.NCCNC(=O)C1CCCN(C(=O)CN2CCN(Cc3ccccc3)CC2)C1. The van der Waals surface area contributed by atoms with Gasteiger partial charge in [-0.1, -0.05) is 30.3 Å². The summed E-state index contributed by atoms with van der Waals surface area (Å²) in [5.74, 6) is 0.0669. The summed E-state index contributed by atoms with van der Waals surface area (Å²) in [7, 11) is 0. The fraction of sp³-hybridized carbons (Fsp3) is 0.619. The van der Waals surface area contributed by atoms with E-state index in [0.717, 1.165) is 52.1 Å². The first-order valence-electron chi connectivity index (χ1n) is 10.4. The molecule has 0 aromatic heterocycles. The van der Waals surface area contributed by atoms with Gasteiger partial charge in [-0.05, 0) is 18.4 Å². The van der Waals surface area contributed by atoms with Crippen molar-refractivity contribution in [3.63, 3.8) is 0 Å². The highest BCUT2D eigenvalue weighted by Gasteiger charge is 2.29. The van der Waals surface area contributed by atoms with E-state index in [1.165, 1.54) is 5.56 Å². The van der Waals surface area contributed by atoms with Crippen LogP contribution in [0.15, 0.2) is 30.3 Å². The highest BCUT2D eigenvalue weighted by Crippen LogP contribution is 2.17. The fourth-order valence-corrected chi connectivity index (χ4v) is 4.00. The van der Waals surface area contributed by atoms with Crippen LogP contribution in [0.25, 0.3) is 0 Å². The monoisotopic (exact) mass is 459 g/mol. The van der Waals surface area contributed by atoms with E-state index in [1.54, 1.807) is 0 Å². The van der Waals surface area contributed by atoms with Gasteiger partial charge in [-0.25, -0.2) is 0 Å². The smallest absolute Gasteiger partial charge is 0.236 e. The van der Waals surface area contributed by atoms with Crippen LogP contribution in [0.5, 0.6) is 0 Å². The van der Waals surface area contributed by atoms with Crippen molar-refractivity contribution < 1.29 is 9.59 Å². The van der Waals surface area contributed by atoms with Gasteiger partial charge in [0, 0.05) is 58.9 Å². The lowest BCUT2D eigenvalue weighted by atomic mass is 9.97. The molecule has 3 rings (SSSR count). The van der Waals surface area contributed by atoms with Crippen LogP contribution in [-0.2, 0) is 16.1 Å². The number of carbonyl (C=O) groups is 2. The second kappa shape index (κ2) is 13.8. The predicted octanol–water partition coefficient (Wildman–Crippen LogP) is 0.961. The Morgan fingerprint density at radius 3 is 2.33 bits per heavy atom. The standard InChI is InChI=1S/C21H33N5O2.2ClH/c22-8-9-23-21(28)19-7-4-10-26(16-19)20(27)17-25-13-11-24(12-14-25)15-18-5-2-1-3-6-18;;/h1-3,5-6,19H,4,7-17,22H2,(H,23,28);2*1H. The molecule has 9 heteroatoms. The quantitative estimate of drug-likeness (QED) is 0.634. The third-order valence-electron chi connectivity index (χ3n) is 5.66. The summed E-state index contributed by atoms with van der Waals surface area (Å²) in [4.78, 5) is 31.5. The van der Waals surface area contributed by atoms with Gasteiger partial charge in [-0.3, -0.25) is 19.4 Å². The Morgan fingerprint density at radius 2 is 1.67 bits per heavy atom. The van der Waals surface area contributed by atoms with Crippen molar-refractivity contribution in [1.29, 1.82) is 0 Å². The molecule has 1 unspecified atom stereocenters. The Bertz CT molecular complexity index is 642. The minimum atomic E-state index is -0.105. The van der Waals surface area contributed by atoms with E-state index in [2.05, 4.69) is 39.4 Å². The summed E-state index contributed by atoms with van der Waals surface area (Å²) < 4.78 is 0. The van der Waals surface area contributed by atoms with Crippen LogP contribution in [0, 0.1) is 5.92 Å². The lowest BCUT2D eigenvalue weighted by molar-refractivity contribution is -0.137. The number of nitrogens with zero attached hydrogens (tertiary/aromatic N) is 3. The number of benzene rings is 1. The Labute approximate surface area is 192 Å². The molecule has 170 valence electrons. The molecule has 2 aliphatic rings. The van der Waals surface area contributed by atoms with E-state index in [9.17, 15) is 9.59 Å². The number of nitrogens with one attached hydrogen (secondary N) is 1. The number of hydrogen-bond donors (Lipinski definition) is 2. The molecule has 2 amide bonds. The lowest BCUT2D eigenvalue weighted by Crippen LogP contribution is -2.52. The van der Waals surface area contributed by atoms with E-state index >= 15 is 0 Å². The Kier molecular flexibility index (Phi) is 12.3. The van der Waals surface area contributed by atoms with Crippen molar-refractivity contribution in [1.82, 2.24) is 20.0 Å². The average molecular weight is 460 g/mol. The number of carbonyl (C=O) groups excluding carboxylic acids is 2. The van der Waals surface area contributed by atoms with Gasteiger partial charge in [-0.2, -0.15) is 0 Å². The third-order valence-corrected chi connectivity index (χ3v) is 5.66. The molecule has 2 saturated heterocycles. The zero-order valence-electron chi connectivity index (χ0n) is 17.5. The molecule has 2 heterocycles. The summed E-state index contributed by atoms with van der Waals surface area (Å²) in [5, 5.41) is 2.85. The topological polar surface area (TPSA) is 81.9 Å². The third kappa shape index (κ3) is 8.04. The maximum atomic E-state index is 12.7. The highest BCUT2D eigenvalue weighted by atomic mass is 35.5. The number of hydrogen-bond acceptors (Lipinski definition) is 5. The molecule has 1 aromatic carbocycles. The molecule has 3 N–H and O–H groups in total. The summed E-state index contributed by atoms with van der Waals surface area (Å²) in [6, 6.07) is 10.5. The molecular formula is C21H35Cl2N5O2. The van der Waals surface area contributed by atoms with Crippen LogP contribution < -0.4 is 11.1 Å². The zero-order valence-corrected chi connectivity index (χ0v) is 19.1. The first-order chi connectivity index (χ1) is 13.7. The van der Waals surface area contributed by atoms with Crippen LogP contribution in [0.2, 0.25) is 0 Å². The molecule has 0 bridgehead atoms. The van der Waals surface area contributed by atoms with Gasteiger partial charge in [0.15, 0.2) is 0 Å². The van der Waals surface area contributed by atoms with Gasteiger partial charge in [0.1, 0.15) is 0 Å². The number of halogens is 2. The second-order valence-corrected chi connectivity index (χ2v) is 7.80. The van der Waals surface area contributed by atoms with Crippen molar-refractivity contribution in [2.45, 2.75) is 19.4 Å². The number of nitrogens with two attached hydrogens (primary N) is 1. The lowest BCUT2D eigenvalue weighted by Gasteiger charge is -2.37. The first kappa shape index (κ1) is 26.7. The van der Waals surface area contributed by atoms with Crippen LogP contribution in [0.4, 0.5) is 0 Å². The normalized spacial score (nSPS) is 20.0. The first-order valence-corrected chi connectivity index (χ1v) is 10.4. The molecule has 0 saturated carbocycles. The molecule has 7 nitrogen and oxygen atoms in total. The minimum Gasteiger partial charge on any atom is -0.355 e. The fourth-order valence-electron chi connectivity index (χ4n) is 4.00. The van der Waals surface area contributed by atoms with Crippen molar-refractivity contribution in [2.75, 3.05) is 58.9 Å². The highest BCUT2D eigenvalue weighted by molar-refractivity contribution is 5.85. The maximum Gasteiger partial charge on any atom is 0.236 e. The Balaban J connectivity index is 0.00000225. The molecule has 0 spiro atoms. The van der Waals surface area contributed by atoms with Crippen LogP contribution in [-0.4, -0.2) is 85.4 Å². The van der Waals surface area contributed by atoms with Crippen molar-refractivity contribution in [2.24, 2.45) is 11.7 Å². The molecule has 0 aliphatic carbocycles. The van der Waals surface area contributed by atoms with Gasteiger partial charge < -0.3 is 16.0 Å². The van der Waals surface area contributed by atoms with E-state index < -0.39 is 0 Å². The van der Waals surface area contributed by atoms with Crippen LogP contribution in [0.3, 0.4) is 0 Å². The van der Waals surface area contributed by atoms with Gasteiger partial charge >= 0.3 is 0 Å². The number of piperidine rings is 1. The van der Waals surface area contributed by atoms with Gasteiger partial charge in [0.05, 0.1) is 12.5 Å². The molecule has 0 radical (unpaired) electrons. The van der Waals surface area contributed by atoms with Crippen LogP contribution >= 0.6 is 24.8 Å². The van der Waals surface area contributed by atoms with Gasteiger partial charge in [-0.15, -0.1) is 24.8 Å². The van der Waals surface area contributed by atoms with Crippen molar-refractivity contribution >= 4 is 36.6 Å². The zero-order chi connectivity index (χ0) is 19.8. The van der Waals surface area contributed by atoms with E-state index in [0.29, 0.717) is 26.2 Å². The average Bonchev–Trinajstić information content (AvgIpc) is 2.74. The number of amides is 2. The van der Waals surface area contributed by atoms with Crippen molar-refractivity contribution in [3.05, 3.63) is 35.9 Å². The summed E-state index contributed by atoms with van der Waals surface area (Å²) in [6.45, 7) is 7.42. The van der Waals surface area contributed by atoms with Crippen molar-refractivity contribution in [3.8, 4) is 0 Å². The summed E-state index contributed by atoms with van der Waals surface area (Å²) >= 11 is 0. The van der Waals surface area contributed by atoms with E-state index in [1.807, 2.05) is 11.0 Å². The predicted molar refractivity (Wildman–Crippen MR) is 124 cm³/mol. The summed E-state index contributed by atoms with van der Waals surface area (Å²) in [6.07, 6.45) is 1.73. The maximum absolute atomic E-state index is 12.7. The molecule has 30 heavy (non-hydrogen) atoms. The van der Waals surface area contributed by atoms with Gasteiger partial charge in [0.25, 0.3) is 0 Å². The molecule has 1 atom stereocenters. The molecular weight excluding hydrogens is 425 g/mol.